The van der Waals surface area contributed by atoms with Crippen LogP contribution in [-0.4, -0.2) is 54.3 Å². The monoisotopic (exact) mass is 357 g/mol. The summed E-state index contributed by atoms with van der Waals surface area (Å²) >= 11 is 1.47. The quantitative estimate of drug-likeness (QED) is 0.895. The number of para-hydroxylation sites is 1. The summed E-state index contributed by atoms with van der Waals surface area (Å²) in [4.78, 5) is 29.4. The van der Waals surface area contributed by atoms with Crippen molar-refractivity contribution in [1.82, 2.24) is 9.80 Å². The molecule has 0 radical (unpaired) electrons. The maximum atomic E-state index is 12.3. The molecule has 1 aromatic heterocycles. The van der Waals surface area contributed by atoms with Crippen molar-refractivity contribution in [2.75, 3.05) is 38.0 Å². The molecule has 2 heterocycles. The average Bonchev–Trinajstić information content (AvgIpc) is 3.17. The molecular weight excluding hydrogens is 334 g/mol. The van der Waals surface area contributed by atoms with Gasteiger partial charge in [-0.3, -0.25) is 14.5 Å². The molecule has 0 bridgehead atoms. The van der Waals surface area contributed by atoms with Gasteiger partial charge in [-0.15, -0.1) is 11.3 Å². The molecule has 132 valence electrons. The summed E-state index contributed by atoms with van der Waals surface area (Å²) in [6, 6.07) is 11.6. The first-order valence-corrected chi connectivity index (χ1v) is 9.48. The van der Waals surface area contributed by atoms with Crippen LogP contribution in [0.5, 0.6) is 0 Å². The molecule has 1 N–H and O–H groups in total. The largest absolute Gasteiger partial charge is 0.335 e. The molecule has 25 heavy (non-hydrogen) atoms. The van der Waals surface area contributed by atoms with Gasteiger partial charge in [0.25, 0.3) is 5.91 Å². The molecule has 0 spiro atoms. The van der Waals surface area contributed by atoms with Gasteiger partial charge < -0.3 is 10.2 Å². The SMILES string of the molecule is CCc1ccccc1NC(=O)CN1CCN(C(=O)c2cccs2)CC1. The van der Waals surface area contributed by atoms with Gasteiger partial charge in [0.2, 0.25) is 5.91 Å². The first-order chi connectivity index (χ1) is 12.2. The van der Waals surface area contributed by atoms with Crippen LogP contribution in [0.1, 0.15) is 22.2 Å². The summed E-state index contributed by atoms with van der Waals surface area (Å²) in [5, 5.41) is 4.92. The number of thiophene rings is 1. The summed E-state index contributed by atoms with van der Waals surface area (Å²) in [6.45, 7) is 5.21. The normalized spacial score (nSPS) is 15.2. The summed E-state index contributed by atoms with van der Waals surface area (Å²) in [5.41, 5.74) is 2.03. The van der Waals surface area contributed by atoms with Gasteiger partial charge in [0.15, 0.2) is 0 Å². The fraction of sp³-hybridized carbons (Fsp3) is 0.368. The first-order valence-electron chi connectivity index (χ1n) is 8.60. The number of benzene rings is 1. The first kappa shape index (κ1) is 17.6. The third-order valence-corrected chi connectivity index (χ3v) is 5.29. The molecule has 0 aliphatic carbocycles. The highest BCUT2D eigenvalue weighted by molar-refractivity contribution is 7.12. The number of aryl methyl sites for hydroxylation is 1. The predicted molar refractivity (Wildman–Crippen MR) is 101 cm³/mol. The van der Waals surface area contributed by atoms with Gasteiger partial charge in [0.05, 0.1) is 11.4 Å². The Morgan fingerprint density at radius 3 is 2.52 bits per heavy atom. The van der Waals surface area contributed by atoms with E-state index in [9.17, 15) is 9.59 Å². The maximum absolute atomic E-state index is 12.3. The van der Waals surface area contributed by atoms with Crippen molar-refractivity contribution < 1.29 is 9.59 Å². The number of nitrogens with one attached hydrogen (secondary N) is 1. The number of rotatable bonds is 5. The topological polar surface area (TPSA) is 52.7 Å². The lowest BCUT2D eigenvalue weighted by Crippen LogP contribution is -2.50. The Bertz CT molecular complexity index is 722. The molecule has 1 aliphatic heterocycles. The molecule has 1 fully saturated rings. The van der Waals surface area contributed by atoms with Crippen LogP contribution >= 0.6 is 11.3 Å². The van der Waals surface area contributed by atoms with Gasteiger partial charge in [0, 0.05) is 31.9 Å². The zero-order valence-electron chi connectivity index (χ0n) is 14.4. The van der Waals surface area contributed by atoms with E-state index >= 15 is 0 Å². The van der Waals surface area contributed by atoms with E-state index in [-0.39, 0.29) is 11.8 Å². The summed E-state index contributed by atoms with van der Waals surface area (Å²) < 4.78 is 0. The van der Waals surface area contributed by atoms with E-state index in [0.717, 1.165) is 35.6 Å². The number of carbonyl (C=O) groups excluding carboxylic acids is 2. The smallest absolute Gasteiger partial charge is 0.264 e. The Balaban J connectivity index is 1.49. The Kier molecular flexibility index (Phi) is 5.83. The van der Waals surface area contributed by atoms with Crippen LogP contribution in [0, 0.1) is 0 Å². The molecule has 0 unspecified atom stereocenters. The lowest BCUT2D eigenvalue weighted by Gasteiger charge is -2.34. The van der Waals surface area contributed by atoms with Crippen molar-refractivity contribution in [3.05, 3.63) is 52.2 Å². The third-order valence-electron chi connectivity index (χ3n) is 4.43. The van der Waals surface area contributed by atoms with E-state index < -0.39 is 0 Å². The molecule has 2 amide bonds. The molecule has 1 aliphatic rings. The van der Waals surface area contributed by atoms with E-state index in [1.165, 1.54) is 11.3 Å². The van der Waals surface area contributed by atoms with Crippen molar-refractivity contribution in [3.63, 3.8) is 0 Å². The van der Waals surface area contributed by atoms with E-state index in [1.54, 1.807) is 0 Å². The van der Waals surface area contributed by atoms with Gasteiger partial charge in [-0.25, -0.2) is 0 Å². The van der Waals surface area contributed by atoms with Crippen molar-refractivity contribution in [2.24, 2.45) is 0 Å². The van der Waals surface area contributed by atoms with Crippen LogP contribution in [0.15, 0.2) is 41.8 Å². The minimum Gasteiger partial charge on any atom is -0.335 e. The van der Waals surface area contributed by atoms with Crippen LogP contribution < -0.4 is 5.32 Å². The Labute approximate surface area is 152 Å². The van der Waals surface area contributed by atoms with Gasteiger partial charge in [-0.05, 0) is 29.5 Å². The second-order valence-electron chi connectivity index (χ2n) is 6.10. The zero-order valence-corrected chi connectivity index (χ0v) is 15.2. The van der Waals surface area contributed by atoms with Gasteiger partial charge in [0.1, 0.15) is 0 Å². The standard InChI is InChI=1S/C19H23N3O2S/c1-2-15-6-3-4-7-16(15)20-18(23)14-21-9-11-22(12-10-21)19(24)17-8-5-13-25-17/h3-8,13H,2,9-12,14H2,1H3,(H,20,23). The molecule has 0 atom stereocenters. The summed E-state index contributed by atoms with van der Waals surface area (Å²) in [5.74, 6) is 0.0925. The molecule has 0 saturated carbocycles. The highest BCUT2D eigenvalue weighted by Gasteiger charge is 2.23. The van der Waals surface area contributed by atoms with Crippen molar-refractivity contribution in [1.29, 1.82) is 0 Å². The number of piperazine rings is 1. The lowest BCUT2D eigenvalue weighted by molar-refractivity contribution is -0.117. The second kappa shape index (κ2) is 8.27. The van der Waals surface area contributed by atoms with Crippen molar-refractivity contribution in [2.45, 2.75) is 13.3 Å². The number of carbonyl (C=O) groups is 2. The van der Waals surface area contributed by atoms with Gasteiger partial charge in [-0.2, -0.15) is 0 Å². The second-order valence-corrected chi connectivity index (χ2v) is 7.05. The minimum atomic E-state index is -0.000988. The number of hydrogen-bond acceptors (Lipinski definition) is 4. The highest BCUT2D eigenvalue weighted by atomic mass is 32.1. The highest BCUT2D eigenvalue weighted by Crippen LogP contribution is 2.16. The molecule has 2 aromatic rings. The molecular formula is C19H23N3O2S. The maximum Gasteiger partial charge on any atom is 0.264 e. The minimum absolute atomic E-state index is 0.000988. The van der Waals surface area contributed by atoms with Crippen molar-refractivity contribution in [3.8, 4) is 0 Å². The van der Waals surface area contributed by atoms with E-state index in [2.05, 4.69) is 17.1 Å². The third kappa shape index (κ3) is 4.46. The fourth-order valence-electron chi connectivity index (χ4n) is 3.01. The Morgan fingerprint density at radius 2 is 1.84 bits per heavy atom. The fourth-order valence-corrected chi connectivity index (χ4v) is 3.70. The van der Waals surface area contributed by atoms with Crippen LogP contribution in [0.4, 0.5) is 5.69 Å². The van der Waals surface area contributed by atoms with Crippen molar-refractivity contribution >= 4 is 28.8 Å². The number of hydrogen-bond donors (Lipinski definition) is 1. The zero-order chi connectivity index (χ0) is 17.6. The van der Waals surface area contributed by atoms with E-state index in [0.29, 0.717) is 19.6 Å². The molecule has 1 saturated heterocycles. The van der Waals surface area contributed by atoms with Crippen LogP contribution in [0.25, 0.3) is 0 Å². The lowest BCUT2D eigenvalue weighted by atomic mass is 10.1. The van der Waals surface area contributed by atoms with Crippen LogP contribution in [-0.2, 0) is 11.2 Å². The van der Waals surface area contributed by atoms with Gasteiger partial charge >= 0.3 is 0 Å². The average molecular weight is 357 g/mol. The number of nitrogens with zero attached hydrogens (tertiary/aromatic N) is 2. The van der Waals surface area contributed by atoms with Crippen LogP contribution in [0.2, 0.25) is 0 Å². The molecule has 5 nitrogen and oxygen atoms in total. The van der Waals surface area contributed by atoms with E-state index in [1.807, 2.05) is 46.7 Å². The molecule has 1 aromatic carbocycles. The molecule has 3 rings (SSSR count). The Morgan fingerprint density at radius 1 is 1.08 bits per heavy atom. The predicted octanol–water partition coefficient (Wildman–Crippen LogP) is 2.71. The molecule has 6 heteroatoms. The van der Waals surface area contributed by atoms with Crippen LogP contribution in [0.3, 0.4) is 0 Å². The summed E-state index contributed by atoms with van der Waals surface area (Å²) in [7, 11) is 0. The number of amides is 2. The Hall–Kier alpha value is -2.18. The summed E-state index contributed by atoms with van der Waals surface area (Å²) in [6.07, 6.45) is 0.889. The van der Waals surface area contributed by atoms with E-state index in [4.69, 9.17) is 0 Å². The van der Waals surface area contributed by atoms with Gasteiger partial charge in [-0.1, -0.05) is 31.2 Å². The number of anilines is 1.